The van der Waals surface area contributed by atoms with Crippen LogP contribution >= 0.6 is 0 Å². The summed E-state index contributed by atoms with van der Waals surface area (Å²) in [5.41, 5.74) is 5.46. The fourth-order valence-electron chi connectivity index (χ4n) is 2.17. The third-order valence-electron chi connectivity index (χ3n) is 3.33. The summed E-state index contributed by atoms with van der Waals surface area (Å²) in [4.78, 5) is 7.53. The summed E-state index contributed by atoms with van der Waals surface area (Å²) in [5, 5.41) is 3.21. The molecule has 0 atom stereocenters. The molecule has 0 aliphatic heterocycles. The lowest BCUT2D eigenvalue weighted by atomic mass is 10.1. The van der Waals surface area contributed by atoms with E-state index >= 15 is 0 Å². The highest BCUT2D eigenvalue weighted by Gasteiger charge is 2.41. The molecule has 2 fully saturated rings. The number of hydrogen-bond acceptors (Lipinski definition) is 4. The zero-order chi connectivity index (χ0) is 11.1. The van der Waals surface area contributed by atoms with Crippen LogP contribution in [0, 0.1) is 17.7 Å². The minimum absolute atomic E-state index is 0.120. The Hall–Kier alpha value is -1.39. The van der Waals surface area contributed by atoms with Crippen LogP contribution in [0.4, 0.5) is 16.2 Å². The zero-order valence-electron chi connectivity index (χ0n) is 8.99. The maximum atomic E-state index is 13.5. The van der Waals surface area contributed by atoms with Gasteiger partial charge in [0.1, 0.15) is 0 Å². The van der Waals surface area contributed by atoms with Crippen LogP contribution in [-0.4, -0.2) is 16.0 Å². The highest BCUT2D eigenvalue weighted by molar-refractivity contribution is 5.41. The SMILES string of the molecule is Nc1ncc(F)c(NC(C2CC2)C2CC2)n1. The minimum atomic E-state index is -0.416. The molecule has 0 spiro atoms. The molecule has 4 nitrogen and oxygen atoms in total. The van der Waals surface area contributed by atoms with Gasteiger partial charge in [0.2, 0.25) is 5.95 Å². The first kappa shape index (κ1) is 9.81. The van der Waals surface area contributed by atoms with Crippen LogP contribution in [0.25, 0.3) is 0 Å². The molecule has 2 aliphatic carbocycles. The molecule has 86 valence electrons. The molecule has 1 aromatic rings. The van der Waals surface area contributed by atoms with E-state index in [1.54, 1.807) is 0 Å². The fraction of sp³-hybridized carbons (Fsp3) is 0.636. The number of anilines is 2. The van der Waals surface area contributed by atoms with Crippen LogP contribution in [0.15, 0.2) is 6.20 Å². The molecule has 3 rings (SSSR count). The van der Waals surface area contributed by atoms with Crippen molar-refractivity contribution >= 4 is 11.8 Å². The van der Waals surface area contributed by atoms with E-state index in [4.69, 9.17) is 5.73 Å². The third kappa shape index (κ3) is 1.94. The zero-order valence-corrected chi connectivity index (χ0v) is 8.99. The first-order valence-electron chi connectivity index (χ1n) is 5.78. The van der Waals surface area contributed by atoms with Gasteiger partial charge in [-0.2, -0.15) is 4.98 Å². The van der Waals surface area contributed by atoms with Crippen LogP contribution < -0.4 is 11.1 Å². The quantitative estimate of drug-likeness (QED) is 0.815. The molecule has 0 aromatic carbocycles. The van der Waals surface area contributed by atoms with Crippen molar-refractivity contribution in [2.24, 2.45) is 11.8 Å². The van der Waals surface area contributed by atoms with Gasteiger partial charge in [0, 0.05) is 6.04 Å². The lowest BCUT2D eigenvalue weighted by Gasteiger charge is -2.18. The second-order valence-corrected chi connectivity index (χ2v) is 4.77. The van der Waals surface area contributed by atoms with E-state index in [-0.39, 0.29) is 11.8 Å². The van der Waals surface area contributed by atoms with E-state index in [1.165, 1.54) is 25.7 Å². The Kier molecular flexibility index (Phi) is 2.19. The van der Waals surface area contributed by atoms with Crippen molar-refractivity contribution in [1.82, 2.24) is 9.97 Å². The number of aromatic nitrogens is 2. The van der Waals surface area contributed by atoms with Gasteiger partial charge >= 0.3 is 0 Å². The lowest BCUT2D eigenvalue weighted by molar-refractivity contribution is 0.552. The van der Waals surface area contributed by atoms with Crippen LogP contribution in [0.3, 0.4) is 0 Å². The highest BCUT2D eigenvalue weighted by atomic mass is 19.1. The molecule has 0 unspecified atom stereocenters. The predicted octanol–water partition coefficient (Wildman–Crippen LogP) is 1.80. The van der Waals surface area contributed by atoms with Crippen molar-refractivity contribution in [2.45, 2.75) is 31.7 Å². The summed E-state index contributed by atoms with van der Waals surface area (Å²) < 4.78 is 13.5. The summed E-state index contributed by atoms with van der Waals surface area (Å²) in [6.07, 6.45) is 6.11. The Labute approximate surface area is 93.5 Å². The van der Waals surface area contributed by atoms with E-state index in [1.807, 2.05) is 0 Å². The van der Waals surface area contributed by atoms with Gasteiger partial charge in [-0.25, -0.2) is 9.37 Å². The van der Waals surface area contributed by atoms with Gasteiger partial charge in [0.05, 0.1) is 6.20 Å². The largest absolute Gasteiger partial charge is 0.368 e. The van der Waals surface area contributed by atoms with Gasteiger partial charge in [-0.1, -0.05) is 0 Å². The van der Waals surface area contributed by atoms with Crippen molar-refractivity contribution in [1.29, 1.82) is 0 Å². The monoisotopic (exact) mass is 222 g/mol. The summed E-state index contributed by atoms with van der Waals surface area (Å²) in [5.74, 6) is 1.36. The summed E-state index contributed by atoms with van der Waals surface area (Å²) in [6, 6.07) is 0.379. The second kappa shape index (κ2) is 3.57. The van der Waals surface area contributed by atoms with Gasteiger partial charge in [-0.15, -0.1) is 0 Å². The van der Waals surface area contributed by atoms with Crippen LogP contribution in [-0.2, 0) is 0 Å². The number of nitrogens with zero attached hydrogens (tertiary/aromatic N) is 2. The van der Waals surface area contributed by atoms with Crippen LogP contribution in [0.1, 0.15) is 25.7 Å². The molecule has 5 heteroatoms. The molecule has 0 amide bonds. The third-order valence-corrected chi connectivity index (χ3v) is 3.33. The molecule has 2 saturated carbocycles. The Bertz CT molecular complexity index is 389. The molecule has 2 aliphatic rings. The average Bonchev–Trinajstić information content (AvgIpc) is 3.13. The van der Waals surface area contributed by atoms with Gasteiger partial charge in [-0.05, 0) is 37.5 Å². The Balaban J connectivity index is 1.78. The molecule has 0 saturated heterocycles. The van der Waals surface area contributed by atoms with Gasteiger partial charge < -0.3 is 11.1 Å². The standard InChI is InChI=1S/C11H15FN4/c12-8-5-14-11(13)16-10(8)15-9(6-1-2-6)7-3-4-7/h5-7,9H,1-4H2,(H3,13,14,15,16). The van der Waals surface area contributed by atoms with E-state index in [2.05, 4.69) is 15.3 Å². The second-order valence-electron chi connectivity index (χ2n) is 4.77. The highest BCUT2D eigenvalue weighted by Crippen LogP contribution is 2.45. The molecule has 0 radical (unpaired) electrons. The Morgan fingerprint density at radius 2 is 1.94 bits per heavy atom. The van der Waals surface area contributed by atoms with E-state index in [9.17, 15) is 4.39 Å². The number of rotatable bonds is 4. The van der Waals surface area contributed by atoms with E-state index in [0.717, 1.165) is 6.20 Å². The summed E-state index contributed by atoms with van der Waals surface area (Å²) >= 11 is 0. The van der Waals surface area contributed by atoms with Crippen molar-refractivity contribution in [3.8, 4) is 0 Å². The number of nitrogens with one attached hydrogen (secondary N) is 1. The van der Waals surface area contributed by atoms with Crippen molar-refractivity contribution in [3.05, 3.63) is 12.0 Å². The topological polar surface area (TPSA) is 63.8 Å². The van der Waals surface area contributed by atoms with Gasteiger partial charge in [0.25, 0.3) is 0 Å². The van der Waals surface area contributed by atoms with E-state index < -0.39 is 5.82 Å². The van der Waals surface area contributed by atoms with Crippen LogP contribution in [0.5, 0.6) is 0 Å². The number of nitrogens with two attached hydrogens (primary N) is 1. The maximum absolute atomic E-state index is 13.5. The van der Waals surface area contributed by atoms with Crippen molar-refractivity contribution in [2.75, 3.05) is 11.1 Å². The number of hydrogen-bond donors (Lipinski definition) is 2. The molecular weight excluding hydrogens is 207 g/mol. The summed E-state index contributed by atoms with van der Waals surface area (Å²) in [6.45, 7) is 0. The molecular formula is C11H15FN4. The Morgan fingerprint density at radius 1 is 1.31 bits per heavy atom. The lowest BCUT2D eigenvalue weighted by Crippen LogP contribution is -2.25. The first-order valence-corrected chi connectivity index (χ1v) is 5.78. The molecule has 1 heterocycles. The average molecular weight is 222 g/mol. The van der Waals surface area contributed by atoms with E-state index in [0.29, 0.717) is 17.9 Å². The maximum Gasteiger partial charge on any atom is 0.222 e. The van der Waals surface area contributed by atoms with Crippen LogP contribution in [0.2, 0.25) is 0 Å². The number of halogens is 1. The van der Waals surface area contributed by atoms with Gasteiger partial charge in [-0.3, -0.25) is 0 Å². The first-order chi connectivity index (χ1) is 7.74. The van der Waals surface area contributed by atoms with Crippen molar-refractivity contribution < 1.29 is 4.39 Å². The fourth-order valence-corrected chi connectivity index (χ4v) is 2.17. The van der Waals surface area contributed by atoms with Gasteiger partial charge in [0.15, 0.2) is 11.6 Å². The predicted molar refractivity (Wildman–Crippen MR) is 59.3 cm³/mol. The normalized spacial score (nSPS) is 20.1. The summed E-state index contributed by atoms with van der Waals surface area (Å²) in [7, 11) is 0. The molecule has 3 N–H and O–H groups in total. The number of nitrogen functional groups attached to an aromatic ring is 1. The minimum Gasteiger partial charge on any atom is -0.368 e. The molecule has 16 heavy (non-hydrogen) atoms. The molecule has 1 aromatic heterocycles. The Morgan fingerprint density at radius 3 is 2.50 bits per heavy atom. The van der Waals surface area contributed by atoms with Crippen molar-refractivity contribution in [3.63, 3.8) is 0 Å². The molecule has 0 bridgehead atoms. The smallest absolute Gasteiger partial charge is 0.222 e.